The number of carbonyl (C=O) groups is 2. The number of fused-ring (bicyclic) bond motifs is 1. The van der Waals surface area contributed by atoms with Gasteiger partial charge in [-0.1, -0.05) is 11.6 Å². The fourth-order valence-electron chi connectivity index (χ4n) is 3.51. The van der Waals surface area contributed by atoms with Gasteiger partial charge in [0.25, 0.3) is 5.91 Å². The van der Waals surface area contributed by atoms with Crippen LogP contribution in [0.2, 0.25) is 0 Å². The lowest BCUT2D eigenvalue weighted by Gasteiger charge is -2.21. The number of allylic oxidation sites excluding steroid dienone is 2. The second-order valence-electron chi connectivity index (χ2n) is 6.68. The van der Waals surface area contributed by atoms with Gasteiger partial charge in [-0.2, -0.15) is 0 Å². The highest BCUT2D eigenvalue weighted by molar-refractivity contribution is 5.94. The number of rotatable bonds is 4. The van der Waals surface area contributed by atoms with Crippen molar-refractivity contribution in [1.82, 2.24) is 4.90 Å². The zero-order valence-corrected chi connectivity index (χ0v) is 13.7. The Morgan fingerprint density at radius 2 is 1.87 bits per heavy atom. The number of ether oxygens (including phenoxy) is 1. The molecule has 1 aliphatic carbocycles. The topological polar surface area (TPSA) is 46.6 Å². The van der Waals surface area contributed by atoms with Crippen LogP contribution in [0.3, 0.4) is 0 Å². The lowest BCUT2D eigenvalue weighted by Crippen LogP contribution is -2.33. The van der Waals surface area contributed by atoms with Crippen molar-refractivity contribution in [3.8, 4) is 5.75 Å². The Morgan fingerprint density at radius 3 is 2.57 bits per heavy atom. The number of ketones is 1. The van der Waals surface area contributed by atoms with Crippen molar-refractivity contribution in [3.63, 3.8) is 0 Å². The summed E-state index contributed by atoms with van der Waals surface area (Å²) in [7, 11) is 0. The molecule has 0 bridgehead atoms. The number of carbonyl (C=O) groups excluding carboxylic acids is 2. The summed E-state index contributed by atoms with van der Waals surface area (Å²) in [6.45, 7) is 5.46. The molecule has 4 nitrogen and oxygen atoms in total. The highest BCUT2D eigenvalue weighted by Gasteiger charge is 2.36. The Kier molecular flexibility index (Phi) is 4.51. The van der Waals surface area contributed by atoms with Crippen molar-refractivity contribution >= 4 is 11.7 Å². The Morgan fingerprint density at radius 1 is 1.17 bits per heavy atom. The van der Waals surface area contributed by atoms with Crippen LogP contribution in [0.15, 0.2) is 35.9 Å². The van der Waals surface area contributed by atoms with E-state index in [1.807, 2.05) is 4.90 Å². The van der Waals surface area contributed by atoms with E-state index in [4.69, 9.17) is 4.74 Å². The van der Waals surface area contributed by atoms with Crippen molar-refractivity contribution in [2.24, 2.45) is 11.8 Å². The van der Waals surface area contributed by atoms with Gasteiger partial charge in [0.2, 0.25) is 0 Å². The van der Waals surface area contributed by atoms with Gasteiger partial charge >= 0.3 is 0 Å². The van der Waals surface area contributed by atoms with Crippen LogP contribution in [-0.2, 0) is 4.79 Å². The molecule has 1 aliphatic heterocycles. The number of hydrogen-bond donors (Lipinski definition) is 0. The number of nitrogens with zero attached hydrogens (tertiary/aromatic N) is 1. The van der Waals surface area contributed by atoms with E-state index in [9.17, 15) is 9.59 Å². The van der Waals surface area contributed by atoms with Gasteiger partial charge < -0.3 is 9.64 Å². The quantitative estimate of drug-likeness (QED) is 0.634. The van der Waals surface area contributed by atoms with Crippen molar-refractivity contribution in [2.45, 2.75) is 26.7 Å². The molecule has 1 aromatic rings. The minimum Gasteiger partial charge on any atom is -0.484 e. The lowest BCUT2D eigenvalue weighted by molar-refractivity contribution is -0.132. The average Bonchev–Trinajstić information content (AvgIpc) is 2.96. The first-order valence-electron chi connectivity index (χ1n) is 8.20. The van der Waals surface area contributed by atoms with Gasteiger partial charge in [0.1, 0.15) is 5.75 Å². The Hall–Kier alpha value is -2.10. The minimum absolute atomic E-state index is 0.0243. The average molecular weight is 313 g/mol. The maximum Gasteiger partial charge on any atom is 0.260 e. The number of Topliss-reactive ketones (excluding diaryl/α,β-unsaturated/α-hetero) is 1. The molecule has 1 fully saturated rings. The molecule has 2 aliphatic rings. The number of hydrogen-bond acceptors (Lipinski definition) is 3. The predicted octanol–water partition coefficient (Wildman–Crippen LogP) is 3.08. The molecule has 1 saturated heterocycles. The van der Waals surface area contributed by atoms with Gasteiger partial charge in [-0.05, 0) is 62.8 Å². The van der Waals surface area contributed by atoms with Gasteiger partial charge in [0.15, 0.2) is 12.4 Å². The zero-order valence-electron chi connectivity index (χ0n) is 13.7. The Bertz CT molecular complexity index is 633. The molecule has 0 spiro atoms. The maximum atomic E-state index is 12.3. The summed E-state index contributed by atoms with van der Waals surface area (Å²) in [5, 5.41) is 0. The lowest BCUT2D eigenvalue weighted by atomic mass is 9.83. The smallest absolute Gasteiger partial charge is 0.260 e. The van der Waals surface area contributed by atoms with Crippen molar-refractivity contribution in [3.05, 3.63) is 41.5 Å². The van der Waals surface area contributed by atoms with E-state index in [1.54, 1.807) is 24.3 Å². The Labute approximate surface area is 137 Å². The van der Waals surface area contributed by atoms with Crippen LogP contribution >= 0.6 is 0 Å². The monoisotopic (exact) mass is 313 g/mol. The van der Waals surface area contributed by atoms with Crippen LogP contribution in [0.25, 0.3) is 0 Å². The summed E-state index contributed by atoms with van der Waals surface area (Å²) in [5.74, 6) is 1.91. The fraction of sp³-hybridized carbons (Fsp3) is 0.474. The number of likely N-dealkylation sites (tertiary alicyclic amines) is 1. The van der Waals surface area contributed by atoms with E-state index in [-0.39, 0.29) is 18.3 Å². The fourth-order valence-corrected chi connectivity index (χ4v) is 3.51. The molecule has 0 saturated carbocycles. The van der Waals surface area contributed by atoms with Crippen molar-refractivity contribution < 1.29 is 14.3 Å². The summed E-state index contributed by atoms with van der Waals surface area (Å²) in [4.78, 5) is 25.5. The van der Waals surface area contributed by atoms with Gasteiger partial charge in [0.05, 0.1) is 0 Å². The molecule has 3 rings (SSSR count). The van der Waals surface area contributed by atoms with Crippen LogP contribution in [0.1, 0.15) is 37.0 Å². The summed E-state index contributed by atoms with van der Waals surface area (Å²) >= 11 is 0. The van der Waals surface area contributed by atoms with Gasteiger partial charge in [-0.15, -0.1) is 0 Å². The molecule has 0 aromatic heterocycles. The Balaban J connectivity index is 1.51. The molecular formula is C19H23NO3. The standard InChI is InChI=1S/C19H23NO3/c1-13-3-4-16-10-20(11-17(16)9-13)19(22)12-23-18-7-5-15(6-8-18)14(2)21/h3,5-8,16-17H,4,9-12H2,1-2H3/t16-,17+/m1/s1. The van der Waals surface area contributed by atoms with Crippen LogP contribution in [0.5, 0.6) is 5.75 Å². The molecule has 0 N–H and O–H groups in total. The summed E-state index contributed by atoms with van der Waals surface area (Å²) < 4.78 is 5.57. The molecule has 0 unspecified atom stereocenters. The van der Waals surface area contributed by atoms with E-state index >= 15 is 0 Å². The van der Waals surface area contributed by atoms with Crippen LogP contribution in [-0.4, -0.2) is 36.3 Å². The number of amides is 1. The van der Waals surface area contributed by atoms with E-state index in [0.29, 0.717) is 23.1 Å². The van der Waals surface area contributed by atoms with Gasteiger partial charge in [-0.25, -0.2) is 0 Å². The summed E-state index contributed by atoms with van der Waals surface area (Å²) in [5.41, 5.74) is 2.09. The molecular weight excluding hydrogens is 290 g/mol. The predicted molar refractivity (Wildman–Crippen MR) is 88.5 cm³/mol. The minimum atomic E-state index is 0.0243. The van der Waals surface area contributed by atoms with E-state index < -0.39 is 0 Å². The second-order valence-corrected chi connectivity index (χ2v) is 6.68. The first-order chi connectivity index (χ1) is 11.0. The van der Waals surface area contributed by atoms with E-state index in [2.05, 4.69) is 13.0 Å². The van der Waals surface area contributed by atoms with E-state index in [1.165, 1.54) is 12.5 Å². The third-order valence-corrected chi connectivity index (χ3v) is 4.91. The molecule has 0 radical (unpaired) electrons. The van der Waals surface area contributed by atoms with E-state index in [0.717, 1.165) is 25.9 Å². The van der Waals surface area contributed by atoms with Crippen LogP contribution in [0, 0.1) is 11.8 Å². The normalized spacial score (nSPS) is 23.2. The van der Waals surface area contributed by atoms with Crippen LogP contribution in [0.4, 0.5) is 0 Å². The second kappa shape index (κ2) is 6.57. The highest BCUT2D eigenvalue weighted by Crippen LogP contribution is 2.35. The molecule has 1 heterocycles. The van der Waals surface area contributed by atoms with Gasteiger partial charge in [0, 0.05) is 18.7 Å². The first-order valence-corrected chi connectivity index (χ1v) is 8.20. The summed E-state index contributed by atoms with van der Waals surface area (Å²) in [6.07, 6.45) is 4.51. The van der Waals surface area contributed by atoms with Crippen LogP contribution < -0.4 is 4.74 Å². The molecule has 4 heteroatoms. The zero-order chi connectivity index (χ0) is 16.4. The SMILES string of the molecule is CC(=O)c1ccc(OCC(=O)N2C[C@H]3CC=C(C)C[C@H]3C2)cc1. The molecule has 122 valence electrons. The summed E-state index contributed by atoms with van der Waals surface area (Å²) in [6, 6.07) is 6.92. The van der Waals surface area contributed by atoms with Gasteiger partial charge in [-0.3, -0.25) is 9.59 Å². The third kappa shape index (κ3) is 3.63. The first kappa shape index (κ1) is 15.8. The highest BCUT2D eigenvalue weighted by atomic mass is 16.5. The molecule has 1 amide bonds. The maximum absolute atomic E-state index is 12.3. The van der Waals surface area contributed by atoms with Crippen molar-refractivity contribution in [2.75, 3.05) is 19.7 Å². The largest absolute Gasteiger partial charge is 0.484 e. The molecule has 2 atom stereocenters. The molecule has 23 heavy (non-hydrogen) atoms. The van der Waals surface area contributed by atoms with Crippen molar-refractivity contribution in [1.29, 1.82) is 0 Å². The number of benzene rings is 1. The molecule has 1 aromatic carbocycles. The third-order valence-electron chi connectivity index (χ3n) is 4.91.